The van der Waals surface area contributed by atoms with Gasteiger partial charge in [0.1, 0.15) is 0 Å². The number of piperidine rings is 1. The van der Waals surface area contributed by atoms with Crippen LogP contribution in [0.1, 0.15) is 29.0 Å². The van der Waals surface area contributed by atoms with Crippen molar-refractivity contribution >= 4 is 28.6 Å². The molecule has 1 aliphatic heterocycles. The van der Waals surface area contributed by atoms with Crippen LogP contribution in [-0.2, 0) is 6.54 Å². The van der Waals surface area contributed by atoms with E-state index in [0.717, 1.165) is 37.9 Å². The van der Waals surface area contributed by atoms with Crippen molar-refractivity contribution in [2.75, 3.05) is 33.0 Å². The number of hydrogen-bond acceptors (Lipinski definition) is 5. The first kappa shape index (κ1) is 20.8. The summed E-state index contributed by atoms with van der Waals surface area (Å²) >= 11 is 1.81. The van der Waals surface area contributed by atoms with Gasteiger partial charge < -0.3 is 14.5 Å². The highest BCUT2D eigenvalue weighted by atomic mass is 32.2. The van der Waals surface area contributed by atoms with Gasteiger partial charge in [-0.15, -0.1) is 11.8 Å². The lowest BCUT2D eigenvalue weighted by Crippen LogP contribution is -2.38. The van der Waals surface area contributed by atoms with E-state index in [1.807, 2.05) is 18.2 Å². The molecule has 30 heavy (non-hydrogen) atoms. The Morgan fingerprint density at radius 1 is 1.20 bits per heavy atom. The van der Waals surface area contributed by atoms with Gasteiger partial charge in [0.25, 0.3) is 5.91 Å². The van der Waals surface area contributed by atoms with Crippen LogP contribution < -0.4 is 10.1 Å². The van der Waals surface area contributed by atoms with Gasteiger partial charge in [-0.05, 0) is 61.9 Å². The SMILES string of the molecule is COc1cccc2cc(C(=O)NCC3CCN(Cc4ccccc4SC)CC3)oc12. The van der Waals surface area contributed by atoms with Crippen molar-refractivity contribution in [1.82, 2.24) is 10.2 Å². The summed E-state index contributed by atoms with van der Waals surface area (Å²) in [6.45, 7) is 3.80. The van der Waals surface area contributed by atoms with E-state index in [9.17, 15) is 4.79 Å². The lowest BCUT2D eigenvalue weighted by Gasteiger charge is -2.32. The molecular formula is C24H28N2O3S. The van der Waals surface area contributed by atoms with Gasteiger partial charge in [-0.1, -0.05) is 30.3 Å². The maximum Gasteiger partial charge on any atom is 0.287 e. The van der Waals surface area contributed by atoms with Gasteiger partial charge in [-0.25, -0.2) is 0 Å². The van der Waals surface area contributed by atoms with Gasteiger partial charge in [0.2, 0.25) is 0 Å². The van der Waals surface area contributed by atoms with Crippen LogP contribution >= 0.6 is 11.8 Å². The van der Waals surface area contributed by atoms with Gasteiger partial charge in [-0.3, -0.25) is 9.69 Å². The fourth-order valence-corrected chi connectivity index (χ4v) is 4.67. The van der Waals surface area contributed by atoms with Crippen LogP contribution in [0.25, 0.3) is 11.0 Å². The van der Waals surface area contributed by atoms with E-state index in [0.29, 0.717) is 29.6 Å². The topological polar surface area (TPSA) is 54.7 Å². The Morgan fingerprint density at radius 3 is 2.77 bits per heavy atom. The predicted octanol–water partition coefficient (Wildman–Crippen LogP) is 4.81. The van der Waals surface area contributed by atoms with E-state index in [1.165, 1.54) is 10.5 Å². The zero-order valence-corrected chi connectivity index (χ0v) is 18.3. The molecule has 1 amide bonds. The molecule has 5 nitrogen and oxygen atoms in total. The summed E-state index contributed by atoms with van der Waals surface area (Å²) in [6, 6.07) is 16.1. The largest absolute Gasteiger partial charge is 0.493 e. The standard InChI is InChI=1S/C24H28N2O3S/c1-28-20-8-5-7-18-14-21(29-23(18)20)24(27)25-15-17-10-12-26(13-11-17)16-19-6-3-4-9-22(19)30-2/h3-9,14,17H,10-13,15-16H2,1-2H3,(H,25,27). The van der Waals surface area contributed by atoms with E-state index >= 15 is 0 Å². The quantitative estimate of drug-likeness (QED) is 0.552. The Labute approximate surface area is 181 Å². The molecule has 0 spiro atoms. The molecule has 2 aromatic carbocycles. The first-order valence-electron chi connectivity index (χ1n) is 10.4. The number of ether oxygens (including phenoxy) is 1. The number of benzene rings is 2. The first-order chi connectivity index (χ1) is 14.7. The molecule has 1 N–H and O–H groups in total. The van der Waals surface area contributed by atoms with Crippen LogP contribution in [0, 0.1) is 5.92 Å². The predicted molar refractivity (Wildman–Crippen MR) is 121 cm³/mol. The molecule has 1 saturated heterocycles. The summed E-state index contributed by atoms with van der Waals surface area (Å²) in [5.41, 5.74) is 2.01. The highest BCUT2D eigenvalue weighted by Crippen LogP contribution is 2.28. The molecule has 1 aromatic heterocycles. The Bertz CT molecular complexity index is 1010. The third-order valence-electron chi connectivity index (χ3n) is 5.80. The minimum Gasteiger partial charge on any atom is -0.493 e. The summed E-state index contributed by atoms with van der Waals surface area (Å²) in [6.07, 6.45) is 4.32. The van der Waals surface area contributed by atoms with Crippen LogP contribution in [-0.4, -0.2) is 43.8 Å². The van der Waals surface area contributed by atoms with Crippen LogP contribution in [0.3, 0.4) is 0 Å². The van der Waals surface area contributed by atoms with Crippen LogP contribution in [0.2, 0.25) is 0 Å². The van der Waals surface area contributed by atoms with Crippen molar-refractivity contribution < 1.29 is 13.9 Å². The van der Waals surface area contributed by atoms with Gasteiger partial charge >= 0.3 is 0 Å². The Balaban J connectivity index is 1.28. The van der Waals surface area contributed by atoms with Crippen molar-refractivity contribution in [3.05, 3.63) is 59.9 Å². The molecule has 6 heteroatoms. The molecule has 0 bridgehead atoms. The van der Waals surface area contributed by atoms with Crippen molar-refractivity contribution in [3.8, 4) is 5.75 Å². The molecule has 0 saturated carbocycles. The number of methoxy groups -OCH3 is 1. The van der Waals surface area contributed by atoms with Crippen molar-refractivity contribution in [2.45, 2.75) is 24.3 Å². The molecule has 0 atom stereocenters. The Hall–Kier alpha value is -2.44. The lowest BCUT2D eigenvalue weighted by atomic mass is 9.96. The second-order valence-corrected chi connectivity index (χ2v) is 8.58. The number of carbonyl (C=O) groups excluding carboxylic acids is 1. The normalized spacial score (nSPS) is 15.4. The number of nitrogens with one attached hydrogen (secondary N) is 1. The second-order valence-electron chi connectivity index (χ2n) is 7.73. The van der Waals surface area contributed by atoms with Crippen molar-refractivity contribution in [1.29, 1.82) is 0 Å². The number of fused-ring (bicyclic) bond motifs is 1. The number of thioether (sulfide) groups is 1. The zero-order chi connectivity index (χ0) is 20.9. The van der Waals surface area contributed by atoms with E-state index in [4.69, 9.17) is 9.15 Å². The molecule has 3 aromatic rings. The average Bonchev–Trinajstić information content (AvgIpc) is 3.23. The monoisotopic (exact) mass is 424 g/mol. The molecule has 1 aliphatic rings. The number of amides is 1. The first-order valence-corrected chi connectivity index (χ1v) is 11.6. The molecule has 2 heterocycles. The Kier molecular flexibility index (Phi) is 6.65. The third kappa shape index (κ3) is 4.65. The molecular weight excluding hydrogens is 396 g/mol. The minimum atomic E-state index is -0.162. The average molecular weight is 425 g/mol. The number of likely N-dealkylation sites (tertiary alicyclic amines) is 1. The number of rotatable bonds is 7. The molecule has 0 unspecified atom stereocenters. The minimum absolute atomic E-state index is 0.162. The summed E-state index contributed by atoms with van der Waals surface area (Å²) in [4.78, 5) is 16.4. The maximum atomic E-state index is 12.6. The molecule has 4 rings (SSSR count). The lowest BCUT2D eigenvalue weighted by molar-refractivity contribution is 0.0909. The van der Waals surface area contributed by atoms with Gasteiger partial charge in [0.15, 0.2) is 17.1 Å². The number of hydrogen-bond donors (Lipinski definition) is 1. The number of para-hydroxylation sites is 1. The highest BCUT2D eigenvalue weighted by molar-refractivity contribution is 7.98. The van der Waals surface area contributed by atoms with E-state index in [1.54, 1.807) is 24.9 Å². The summed E-state index contributed by atoms with van der Waals surface area (Å²) in [7, 11) is 1.60. The number of furan rings is 1. The zero-order valence-electron chi connectivity index (χ0n) is 17.5. The molecule has 1 fully saturated rings. The molecule has 0 aliphatic carbocycles. The van der Waals surface area contributed by atoms with Crippen molar-refractivity contribution in [2.24, 2.45) is 5.92 Å². The van der Waals surface area contributed by atoms with E-state index < -0.39 is 0 Å². The maximum absolute atomic E-state index is 12.6. The van der Waals surface area contributed by atoms with Gasteiger partial charge in [0, 0.05) is 23.4 Å². The van der Waals surface area contributed by atoms with Crippen LogP contribution in [0.5, 0.6) is 5.75 Å². The fraction of sp³-hybridized carbons (Fsp3) is 0.375. The smallest absolute Gasteiger partial charge is 0.287 e. The number of nitrogens with zero attached hydrogens (tertiary/aromatic N) is 1. The Morgan fingerprint density at radius 2 is 2.00 bits per heavy atom. The summed E-state index contributed by atoms with van der Waals surface area (Å²) in [5, 5.41) is 3.93. The summed E-state index contributed by atoms with van der Waals surface area (Å²) < 4.78 is 11.1. The van der Waals surface area contributed by atoms with Crippen LogP contribution in [0.4, 0.5) is 0 Å². The highest BCUT2D eigenvalue weighted by Gasteiger charge is 2.21. The summed E-state index contributed by atoms with van der Waals surface area (Å²) in [5.74, 6) is 1.31. The fourth-order valence-electron chi connectivity index (χ4n) is 4.06. The van der Waals surface area contributed by atoms with Crippen LogP contribution in [0.15, 0.2) is 57.8 Å². The second kappa shape index (κ2) is 9.58. The van der Waals surface area contributed by atoms with Gasteiger partial charge in [0.05, 0.1) is 7.11 Å². The van der Waals surface area contributed by atoms with E-state index in [2.05, 4.69) is 40.7 Å². The van der Waals surface area contributed by atoms with Gasteiger partial charge in [-0.2, -0.15) is 0 Å². The third-order valence-corrected chi connectivity index (χ3v) is 6.63. The molecule has 158 valence electrons. The van der Waals surface area contributed by atoms with E-state index in [-0.39, 0.29) is 5.91 Å². The van der Waals surface area contributed by atoms with Crippen molar-refractivity contribution in [3.63, 3.8) is 0 Å². The molecule has 0 radical (unpaired) electrons. The number of carbonyl (C=O) groups is 1.